The number of rotatable bonds is 9. The average Bonchev–Trinajstić information content (AvgIpc) is 3.18. The highest BCUT2D eigenvalue weighted by molar-refractivity contribution is 9.10. The van der Waals surface area contributed by atoms with Crippen molar-refractivity contribution >= 4 is 21.8 Å². The molecule has 2 aromatic carbocycles. The lowest BCUT2D eigenvalue weighted by Gasteiger charge is -2.11. The molecule has 0 aliphatic rings. The first-order chi connectivity index (χ1) is 13.2. The third kappa shape index (κ3) is 6.25. The minimum absolute atomic E-state index is 0.0327. The Bertz CT molecular complexity index is 865. The summed E-state index contributed by atoms with van der Waals surface area (Å²) in [6, 6.07) is 15.8. The van der Waals surface area contributed by atoms with Gasteiger partial charge < -0.3 is 14.6 Å². The number of imidazole rings is 1. The number of amides is 1. The van der Waals surface area contributed by atoms with Gasteiger partial charge in [-0.25, -0.2) is 4.98 Å². The Labute approximate surface area is 167 Å². The topological polar surface area (TPSA) is 56.1 Å². The minimum atomic E-state index is 0.0327. The quantitative estimate of drug-likeness (QED) is 0.521. The summed E-state index contributed by atoms with van der Waals surface area (Å²) in [5.41, 5.74) is 2.29. The number of nitrogens with zero attached hydrogens (tertiary/aromatic N) is 2. The smallest absolute Gasteiger partial charge is 0.220 e. The second-order valence-corrected chi connectivity index (χ2v) is 7.11. The zero-order valence-electron chi connectivity index (χ0n) is 15.0. The molecule has 1 N–H and O–H groups in total. The van der Waals surface area contributed by atoms with Crippen LogP contribution < -0.4 is 10.1 Å². The summed E-state index contributed by atoms with van der Waals surface area (Å²) < 4.78 is 8.65. The third-order valence-electron chi connectivity index (χ3n) is 4.12. The molecule has 6 heteroatoms. The van der Waals surface area contributed by atoms with Crippen LogP contribution in [0.1, 0.15) is 24.0 Å². The normalized spacial score (nSPS) is 10.6. The van der Waals surface area contributed by atoms with E-state index in [1.54, 1.807) is 12.5 Å². The zero-order valence-corrected chi connectivity index (χ0v) is 16.6. The lowest BCUT2D eigenvalue weighted by molar-refractivity contribution is -0.121. The molecule has 0 unspecified atom stereocenters. The minimum Gasteiger partial charge on any atom is -0.494 e. The van der Waals surface area contributed by atoms with Crippen LogP contribution in [0.15, 0.2) is 71.7 Å². The van der Waals surface area contributed by atoms with Crippen LogP contribution in [0.5, 0.6) is 5.75 Å². The van der Waals surface area contributed by atoms with Crippen molar-refractivity contribution in [3.63, 3.8) is 0 Å². The predicted octanol–water partition coefficient (Wildman–Crippen LogP) is 4.17. The summed E-state index contributed by atoms with van der Waals surface area (Å²) in [5.74, 6) is 0.837. The van der Waals surface area contributed by atoms with Gasteiger partial charge in [0.1, 0.15) is 5.75 Å². The molecule has 3 aromatic rings. The number of carbonyl (C=O) groups is 1. The molecule has 1 heterocycles. The number of nitrogens with one attached hydrogen (secondary N) is 1. The van der Waals surface area contributed by atoms with Gasteiger partial charge in [-0.15, -0.1) is 0 Å². The van der Waals surface area contributed by atoms with E-state index in [0.717, 1.165) is 22.3 Å². The summed E-state index contributed by atoms with van der Waals surface area (Å²) in [7, 11) is 0. The average molecular weight is 428 g/mol. The van der Waals surface area contributed by atoms with Crippen LogP contribution in [0.3, 0.4) is 0 Å². The fraction of sp³-hybridized carbons (Fsp3) is 0.238. The van der Waals surface area contributed by atoms with Crippen molar-refractivity contribution in [2.24, 2.45) is 0 Å². The van der Waals surface area contributed by atoms with Gasteiger partial charge in [0.2, 0.25) is 5.91 Å². The van der Waals surface area contributed by atoms with Crippen LogP contribution in [-0.2, 0) is 17.9 Å². The summed E-state index contributed by atoms with van der Waals surface area (Å²) in [5, 5.41) is 3.00. The first-order valence-corrected chi connectivity index (χ1v) is 9.67. The lowest BCUT2D eigenvalue weighted by Crippen LogP contribution is -2.23. The van der Waals surface area contributed by atoms with Crippen LogP contribution in [0.2, 0.25) is 0 Å². The Morgan fingerprint density at radius 3 is 2.78 bits per heavy atom. The van der Waals surface area contributed by atoms with Crippen LogP contribution in [0, 0.1) is 0 Å². The van der Waals surface area contributed by atoms with E-state index in [1.165, 1.54) is 5.56 Å². The van der Waals surface area contributed by atoms with E-state index in [9.17, 15) is 4.79 Å². The number of hydrogen-bond donors (Lipinski definition) is 1. The third-order valence-corrected chi connectivity index (χ3v) is 4.61. The maximum Gasteiger partial charge on any atom is 0.220 e. The van der Waals surface area contributed by atoms with Crippen molar-refractivity contribution in [1.29, 1.82) is 0 Å². The molecule has 1 aromatic heterocycles. The largest absolute Gasteiger partial charge is 0.494 e. The van der Waals surface area contributed by atoms with Crippen LogP contribution in [0.25, 0.3) is 0 Å². The van der Waals surface area contributed by atoms with Crippen LogP contribution in [-0.4, -0.2) is 22.1 Å². The molecule has 0 aliphatic carbocycles. The number of aromatic nitrogens is 2. The highest BCUT2D eigenvalue weighted by atomic mass is 79.9. The fourth-order valence-corrected chi connectivity index (χ4v) is 3.10. The molecular weight excluding hydrogens is 406 g/mol. The molecule has 0 atom stereocenters. The predicted molar refractivity (Wildman–Crippen MR) is 108 cm³/mol. The highest BCUT2D eigenvalue weighted by Gasteiger charge is 2.06. The first kappa shape index (κ1) is 19.2. The van der Waals surface area contributed by atoms with E-state index >= 15 is 0 Å². The zero-order chi connectivity index (χ0) is 18.9. The Morgan fingerprint density at radius 2 is 2.00 bits per heavy atom. The van der Waals surface area contributed by atoms with E-state index in [1.807, 2.05) is 53.2 Å². The van der Waals surface area contributed by atoms with Gasteiger partial charge in [0, 0.05) is 36.4 Å². The van der Waals surface area contributed by atoms with E-state index < -0.39 is 0 Å². The molecular formula is C21H22BrN3O2. The van der Waals surface area contributed by atoms with Gasteiger partial charge in [0.15, 0.2) is 0 Å². The van der Waals surface area contributed by atoms with E-state index in [2.05, 4.69) is 32.3 Å². The molecule has 0 fully saturated rings. The van der Waals surface area contributed by atoms with Crippen LogP contribution in [0.4, 0.5) is 0 Å². The number of benzene rings is 2. The van der Waals surface area contributed by atoms with Crippen molar-refractivity contribution in [3.8, 4) is 5.75 Å². The van der Waals surface area contributed by atoms with Gasteiger partial charge in [-0.1, -0.05) is 46.3 Å². The van der Waals surface area contributed by atoms with Gasteiger partial charge in [-0.3, -0.25) is 4.79 Å². The SMILES string of the molecule is O=C(CCCOc1cccc(Br)c1)NCc1ccccc1Cn1ccnc1. The highest BCUT2D eigenvalue weighted by Crippen LogP contribution is 2.18. The molecule has 0 bridgehead atoms. The molecule has 1 amide bonds. The maximum absolute atomic E-state index is 12.1. The van der Waals surface area contributed by atoms with E-state index in [4.69, 9.17) is 4.74 Å². The Morgan fingerprint density at radius 1 is 1.15 bits per heavy atom. The Balaban J connectivity index is 1.41. The number of halogens is 1. The molecule has 0 saturated heterocycles. The molecule has 140 valence electrons. The van der Waals surface area contributed by atoms with Crippen molar-refractivity contribution in [2.45, 2.75) is 25.9 Å². The van der Waals surface area contributed by atoms with Crippen LogP contribution >= 0.6 is 15.9 Å². The van der Waals surface area contributed by atoms with Gasteiger partial charge in [-0.05, 0) is 35.7 Å². The Kier molecular flexibility index (Phi) is 7.04. The Hall–Kier alpha value is -2.60. The molecule has 0 saturated carbocycles. The lowest BCUT2D eigenvalue weighted by atomic mass is 10.1. The summed E-state index contributed by atoms with van der Waals surface area (Å²) in [6.07, 6.45) is 6.61. The number of carbonyl (C=O) groups excluding carboxylic acids is 1. The van der Waals surface area contributed by atoms with Gasteiger partial charge in [0.05, 0.1) is 12.9 Å². The number of hydrogen-bond acceptors (Lipinski definition) is 3. The molecule has 0 radical (unpaired) electrons. The second-order valence-electron chi connectivity index (χ2n) is 6.19. The van der Waals surface area contributed by atoms with Crippen molar-refractivity contribution in [3.05, 3.63) is 82.9 Å². The first-order valence-electron chi connectivity index (χ1n) is 8.88. The van der Waals surface area contributed by atoms with E-state index in [0.29, 0.717) is 26.0 Å². The molecule has 27 heavy (non-hydrogen) atoms. The molecule has 0 aliphatic heterocycles. The molecule has 3 rings (SSSR count). The summed E-state index contributed by atoms with van der Waals surface area (Å²) in [4.78, 5) is 16.2. The maximum atomic E-state index is 12.1. The summed E-state index contributed by atoms with van der Waals surface area (Å²) >= 11 is 3.41. The number of ether oxygens (including phenoxy) is 1. The van der Waals surface area contributed by atoms with Crippen molar-refractivity contribution in [2.75, 3.05) is 6.61 Å². The monoisotopic (exact) mass is 427 g/mol. The van der Waals surface area contributed by atoms with Gasteiger partial charge in [0.25, 0.3) is 0 Å². The standard InChI is InChI=1S/C21H22BrN3O2/c22-19-7-3-8-20(13-19)27-12-4-9-21(26)24-14-17-5-1-2-6-18(17)15-25-11-10-23-16-25/h1-3,5-8,10-11,13,16H,4,9,12,14-15H2,(H,24,26). The molecule has 5 nitrogen and oxygen atoms in total. The molecule has 0 spiro atoms. The summed E-state index contributed by atoms with van der Waals surface area (Å²) in [6.45, 7) is 1.78. The van der Waals surface area contributed by atoms with Crippen molar-refractivity contribution < 1.29 is 9.53 Å². The van der Waals surface area contributed by atoms with Gasteiger partial charge in [-0.2, -0.15) is 0 Å². The van der Waals surface area contributed by atoms with Crippen molar-refractivity contribution in [1.82, 2.24) is 14.9 Å². The second kappa shape index (κ2) is 9.92. The fourth-order valence-electron chi connectivity index (χ4n) is 2.72. The van der Waals surface area contributed by atoms with Gasteiger partial charge >= 0.3 is 0 Å². The van der Waals surface area contributed by atoms with E-state index in [-0.39, 0.29) is 5.91 Å².